The van der Waals surface area contributed by atoms with Gasteiger partial charge in [-0.2, -0.15) is 0 Å². The summed E-state index contributed by atoms with van der Waals surface area (Å²) in [5, 5.41) is 0.709. The van der Waals surface area contributed by atoms with Crippen LogP contribution in [-0.4, -0.2) is 31.6 Å². The van der Waals surface area contributed by atoms with Crippen LogP contribution in [0.25, 0.3) is 0 Å². The first-order valence-electron chi connectivity index (χ1n) is 8.93. The molecule has 2 heterocycles. The van der Waals surface area contributed by atoms with E-state index in [9.17, 15) is 0 Å². The summed E-state index contributed by atoms with van der Waals surface area (Å²) in [6.07, 6.45) is 2.07. The molecular weight excluding hydrogens is 376 g/mol. The molecule has 0 N–H and O–H groups in total. The maximum Gasteiger partial charge on any atom is 0.203 e. The molecule has 0 fully saturated rings. The van der Waals surface area contributed by atoms with Gasteiger partial charge in [0.15, 0.2) is 11.5 Å². The van der Waals surface area contributed by atoms with Gasteiger partial charge in [-0.3, -0.25) is 4.99 Å². The van der Waals surface area contributed by atoms with E-state index in [1.165, 1.54) is 0 Å². The Morgan fingerprint density at radius 1 is 0.964 bits per heavy atom. The molecule has 0 radical (unpaired) electrons. The molecule has 1 aliphatic rings. The molecule has 1 unspecified atom stereocenters. The molecule has 0 aliphatic carbocycles. The number of ether oxygens (including phenoxy) is 3. The van der Waals surface area contributed by atoms with Crippen LogP contribution in [0, 0.1) is 0 Å². The minimum atomic E-state index is -0.0345. The fraction of sp³-hybridized carbons (Fsp3) is 0.227. The van der Waals surface area contributed by atoms with Gasteiger partial charge in [0.25, 0.3) is 0 Å². The molecule has 1 atom stereocenters. The molecule has 5 nitrogen and oxygen atoms in total. The predicted molar refractivity (Wildman–Crippen MR) is 110 cm³/mol. The Hall–Kier alpha value is -2.92. The average Bonchev–Trinajstić information content (AvgIpc) is 3.20. The largest absolute Gasteiger partial charge is 0.493 e. The van der Waals surface area contributed by atoms with Gasteiger partial charge >= 0.3 is 0 Å². The zero-order chi connectivity index (χ0) is 19.7. The van der Waals surface area contributed by atoms with Crippen LogP contribution in [-0.2, 0) is 6.54 Å². The molecule has 1 aromatic heterocycles. The number of rotatable bonds is 5. The van der Waals surface area contributed by atoms with Gasteiger partial charge in [0.2, 0.25) is 5.75 Å². The average molecular weight is 397 g/mol. The molecule has 144 valence electrons. The van der Waals surface area contributed by atoms with E-state index in [0.717, 1.165) is 29.1 Å². The fourth-order valence-electron chi connectivity index (χ4n) is 3.57. The first kappa shape index (κ1) is 18.4. The summed E-state index contributed by atoms with van der Waals surface area (Å²) < 4.78 is 18.7. The number of hydrogen-bond acceptors (Lipinski definition) is 4. The molecule has 0 saturated heterocycles. The quantitative estimate of drug-likeness (QED) is 0.624. The van der Waals surface area contributed by atoms with Gasteiger partial charge in [-0.25, -0.2) is 0 Å². The highest BCUT2D eigenvalue weighted by molar-refractivity contribution is 6.30. The van der Waals surface area contributed by atoms with Crippen molar-refractivity contribution < 1.29 is 14.2 Å². The van der Waals surface area contributed by atoms with Gasteiger partial charge in [0.05, 0.1) is 38.8 Å². The SMILES string of the molecule is COc1cc(C2=NC(c3cccc(Cl)c3)Cn3cccc32)cc(OC)c1OC. The molecule has 0 bridgehead atoms. The van der Waals surface area contributed by atoms with E-state index in [1.54, 1.807) is 21.3 Å². The Labute approximate surface area is 169 Å². The van der Waals surface area contributed by atoms with Crippen molar-refractivity contribution in [2.24, 2.45) is 4.99 Å². The minimum absolute atomic E-state index is 0.0345. The van der Waals surface area contributed by atoms with Gasteiger partial charge in [0, 0.05) is 23.3 Å². The highest BCUT2D eigenvalue weighted by Gasteiger charge is 2.25. The number of aliphatic imine (C=N–C) groups is 1. The van der Waals surface area contributed by atoms with Crippen molar-refractivity contribution in [2.75, 3.05) is 21.3 Å². The Bertz CT molecular complexity index is 1020. The maximum atomic E-state index is 6.21. The Balaban J connectivity index is 1.87. The lowest BCUT2D eigenvalue weighted by atomic mass is 10.0. The van der Waals surface area contributed by atoms with Gasteiger partial charge in [-0.15, -0.1) is 0 Å². The number of aromatic nitrogens is 1. The molecule has 4 rings (SSSR count). The Kier molecular flexibility index (Phi) is 5.01. The number of fused-ring (bicyclic) bond motifs is 1. The monoisotopic (exact) mass is 396 g/mol. The van der Waals surface area contributed by atoms with Crippen molar-refractivity contribution in [3.8, 4) is 17.2 Å². The third-order valence-electron chi connectivity index (χ3n) is 4.90. The van der Waals surface area contributed by atoms with E-state index in [2.05, 4.69) is 22.9 Å². The molecule has 0 saturated carbocycles. The van der Waals surface area contributed by atoms with Crippen molar-refractivity contribution in [3.05, 3.63) is 76.6 Å². The van der Waals surface area contributed by atoms with Crippen LogP contribution < -0.4 is 14.2 Å². The van der Waals surface area contributed by atoms with Gasteiger partial charge in [0.1, 0.15) is 0 Å². The molecular formula is C22H21ClN2O3. The highest BCUT2D eigenvalue weighted by Crippen LogP contribution is 2.40. The van der Waals surface area contributed by atoms with E-state index < -0.39 is 0 Å². The van der Waals surface area contributed by atoms with Crippen LogP contribution in [0.1, 0.15) is 22.9 Å². The number of methoxy groups -OCH3 is 3. The summed E-state index contributed by atoms with van der Waals surface area (Å²) in [5.74, 6) is 1.76. The summed E-state index contributed by atoms with van der Waals surface area (Å²) in [4.78, 5) is 5.07. The first-order valence-corrected chi connectivity index (χ1v) is 9.31. The summed E-state index contributed by atoms with van der Waals surface area (Å²) >= 11 is 6.21. The first-order chi connectivity index (χ1) is 13.6. The van der Waals surface area contributed by atoms with Crippen molar-refractivity contribution in [3.63, 3.8) is 0 Å². The Morgan fingerprint density at radius 3 is 2.36 bits per heavy atom. The molecule has 28 heavy (non-hydrogen) atoms. The van der Waals surface area contributed by atoms with Crippen LogP contribution in [0.4, 0.5) is 0 Å². The highest BCUT2D eigenvalue weighted by atomic mass is 35.5. The zero-order valence-electron chi connectivity index (χ0n) is 16.0. The number of hydrogen-bond donors (Lipinski definition) is 0. The maximum absolute atomic E-state index is 6.21. The summed E-state index contributed by atoms with van der Waals surface area (Å²) in [6.45, 7) is 0.761. The van der Waals surface area contributed by atoms with E-state index >= 15 is 0 Å². The van der Waals surface area contributed by atoms with Crippen molar-refractivity contribution >= 4 is 17.3 Å². The lowest BCUT2D eigenvalue weighted by Crippen LogP contribution is -2.21. The van der Waals surface area contributed by atoms with Crippen molar-refractivity contribution in [1.82, 2.24) is 4.57 Å². The van der Waals surface area contributed by atoms with Crippen LogP contribution in [0.15, 0.2) is 59.7 Å². The fourth-order valence-corrected chi connectivity index (χ4v) is 3.77. The van der Waals surface area contributed by atoms with Crippen molar-refractivity contribution in [1.29, 1.82) is 0 Å². The van der Waals surface area contributed by atoms with E-state index in [4.69, 9.17) is 30.8 Å². The van der Waals surface area contributed by atoms with E-state index in [1.807, 2.05) is 36.4 Å². The molecule has 1 aliphatic heterocycles. The van der Waals surface area contributed by atoms with Crippen LogP contribution in [0.2, 0.25) is 5.02 Å². The molecule has 3 aromatic rings. The third-order valence-corrected chi connectivity index (χ3v) is 5.13. The standard InChI is InChI=1S/C22H21ClN2O3/c1-26-19-11-15(12-20(27-2)22(19)28-3)21-18-8-5-9-25(18)13-17(24-21)14-6-4-7-16(23)10-14/h4-12,17H,13H2,1-3H3. The second-order valence-corrected chi connectivity index (χ2v) is 6.94. The molecule has 2 aromatic carbocycles. The summed E-state index contributed by atoms with van der Waals surface area (Å²) in [5.41, 5.74) is 3.91. The second kappa shape index (κ2) is 7.60. The Morgan fingerprint density at radius 2 is 1.71 bits per heavy atom. The molecule has 6 heteroatoms. The van der Waals surface area contributed by atoms with Crippen LogP contribution in [0.5, 0.6) is 17.2 Å². The van der Waals surface area contributed by atoms with Gasteiger partial charge < -0.3 is 18.8 Å². The minimum Gasteiger partial charge on any atom is -0.493 e. The smallest absolute Gasteiger partial charge is 0.203 e. The number of halogens is 1. The zero-order valence-corrected chi connectivity index (χ0v) is 16.7. The van der Waals surface area contributed by atoms with Gasteiger partial charge in [-0.05, 0) is 42.0 Å². The normalized spacial score (nSPS) is 15.6. The van der Waals surface area contributed by atoms with Crippen LogP contribution in [0.3, 0.4) is 0 Å². The van der Waals surface area contributed by atoms with Crippen LogP contribution >= 0.6 is 11.6 Å². The lowest BCUT2D eigenvalue weighted by molar-refractivity contribution is 0.324. The number of benzene rings is 2. The predicted octanol–water partition coefficient (Wildman–Crippen LogP) is 4.76. The van der Waals surface area contributed by atoms with E-state index in [0.29, 0.717) is 22.3 Å². The molecule has 0 spiro atoms. The third kappa shape index (κ3) is 3.22. The summed E-state index contributed by atoms with van der Waals surface area (Å²) in [7, 11) is 4.82. The topological polar surface area (TPSA) is 45.0 Å². The van der Waals surface area contributed by atoms with Gasteiger partial charge in [-0.1, -0.05) is 23.7 Å². The summed E-state index contributed by atoms with van der Waals surface area (Å²) in [6, 6.07) is 15.8. The van der Waals surface area contributed by atoms with E-state index in [-0.39, 0.29) is 6.04 Å². The second-order valence-electron chi connectivity index (χ2n) is 6.51. The lowest BCUT2D eigenvalue weighted by Gasteiger charge is -2.25. The number of nitrogens with zero attached hydrogens (tertiary/aromatic N) is 2. The van der Waals surface area contributed by atoms with Crippen molar-refractivity contribution in [2.45, 2.75) is 12.6 Å². The molecule has 0 amide bonds.